The molecular formula is C75H120N20O39S. The molecule has 0 fully saturated rings. The standard InChI is InChI=1S/C75H120N20O39S/c1-25(2)51(67(125)83-37(14-18-48(111)112)63(121)85-39(20-43(78)103)66(124)81-35(12-16-46(107)108)64(122)87-41(75(133)134)22-50(115)116)89-70(128)55(29(7)98)93-73(131)57(31(9)100)92-69(127)53(27(5)96)88-44(104)23-79-60(118)40(21-49(113)114)86-61(119)34(11-15-45(105)106)80-65(123)38(19-42(77)102)84-62(120)36(13-17-47(109)110)82-68(126)52(26(3)4)90-71(129)56(30(8)99)94-74(132)58(32(10)101)95-72(130)54(28(6)97)91-59(117)33(76)24-135/h25-41,51-58,96-101,135H,11-24,76H2,1-10H3,(H2,77,102)(H2,78,103)(H,79,118)(H,80,123)(H,81,124)(H,82,126)(H,83,125)(H,84,120)(H,85,121)(H,86,119)(H,87,122)(H,88,104)(H,89,128)(H,90,129)(H,91,117)(H,92,127)(H,93,131)(H,94,132)(H,95,130)(H,105,106)(H,107,108)(H,109,110)(H,111,112)(H,113,114)(H,115,116)(H,133,134)/t27-,28-,29-,30-,31-,32-,33+,34+,35+,36+,37+,38+,39+,40+,41+,51+,52+,53+,54+,55+,56+,57+,58+/m1/s1. The SMILES string of the molecule is CC(C)[C@H](NC(=O)[C@@H](NC(=O)[C@@H](NC(=O)[C@@H](NC(=O)CNC(=O)[C@H](CC(=O)O)NC(=O)[C@H](CCC(=O)O)NC(=O)[C@H](CC(N)=O)NC(=O)[C@H](CCC(=O)O)NC(=O)[C@@H](NC(=O)[C@@H](NC(=O)[C@@H](NC(=O)[C@@H](NC(=O)[C@@H](N)CS)[C@@H](C)O)[C@@H](C)O)[C@@H](C)O)C(C)C)[C@@H](C)O)[C@@H](C)O)[C@@H](C)O)C(=O)N[C@@H](CCC(=O)O)C(=O)N[C@@H](CC(N)=O)C(=O)N[C@@H](CCC(=O)O)C(=O)N[C@@H](CC(=O)O)C(=O)O. The van der Waals surface area contributed by atoms with Crippen molar-refractivity contribution in [2.75, 3.05) is 12.3 Å². The lowest BCUT2D eigenvalue weighted by molar-refractivity contribution is -0.147. The van der Waals surface area contributed by atoms with E-state index >= 15 is 0 Å². The van der Waals surface area contributed by atoms with Crippen LogP contribution in [0.15, 0.2) is 0 Å². The summed E-state index contributed by atoms with van der Waals surface area (Å²) in [7, 11) is 0. The van der Waals surface area contributed by atoms with Crippen LogP contribution in [0, 0.1) is 11.8 Å². The fourth-order valence-electron chi connectivity index (χ4n) is 11.7. The van der Waals surface area contributed by atoms with E-state index in [0.29, 0.717) is 0 Å². The van der Waals surface area contributed by atoms with Crippen molar-refractivity contribution in [2.45, 2.75) is 286 Å². The highest BCUT2D eigenvalue weighted by molar-refractivity contribution is 7.80. The van der Waals surface area contributed by atoms with Gasteiger partial charge in [0.05, 0.1) is 74.9 Å². The van der Waals surface area contributed by atoms with Gasteiger partial charge < -0.3 is 174 Å². The number of aliphatic carboxylic acids is 7. The lowest BCUT2D eigenvalue weighted by Gasteiger charge is -2.30. The lowest BCUT2D eigenvalue weighted by atomic mass is 10.0. The van der Waals surface area contributed by atoms with Gasteiger partial charge in [-0.1, -0.05) is 27.7 Å². The van der Waals surface area contributed by atoms with E-state index in [1.165, 1.54) is 27.7 Å². The molecule has 0 aliphatic rings. The molecule has 0 aliphatic carbocycles. The Labute approximate surface area is 772 Å². The van der Waals surface area contributed by atoms with Crippen LogP contribution in [-0.4, -0.2) is 372 Å². The monoisotopic (exact) mass is 1960 g/mol. The lowest BCUT2D eigenvalue weighted by Crippen LogP contribution is -2.64. The minimum Gasteiger partial charge on any atom is -0.481 e. The molecule has 0 heterocycles. The van der Waals surface area contributed by atoms with Crippen molar-refractivity contribution < 1.29 is 191 Å². The molecule has 36 N–H and O–H groups in total. The zero-order chi connectivity index (χ0) is 104. The Balaban J connectivity index is 6.95. The number of nitrogens with one attached hydrogen (secondary N) is 17. The minimum absolute atomic E-state index is 0.204. The highest BCUT2D eigenvalue weighted by Crippen LogP contribution is 2.15. The number of rotatable bonds is 64. The quantitative estimate of drug-likeness (QED) is 0.0251. The van der Waals surface area contributed by atoms with Crippen LogP contribution in [0.1, 0.15) is 146 Å². The van der Waals surface area contributed by atoms with Gasteiger partial charge in [-0.2, -0.15) is 12.6 Å². The highest BCUT2D eigenvalue weighted by atomic mass is 32.1. The smallest absolute Gasteiger partial charge is 0.326 e. The van der Waals surface area contributed by atoms with Gasteiger partial charge in [-0.05, 0) is 79.1 Å². The van der Waals surface area contributed by atoms with Gasteiger partial charge in [0.2, 0.25) is 112 Å². The molecule has 23 atom stereocenters. The number of carboxylic acid groups (broad SMARTS) is 7. The summed E-state index contributed by atoms with van der Waals surface area (Å²) < 4.78 is 0. The number of thiol groups is 1. The number of aliphatic hydroxyl groups excluding tert-OH is 6. The van der Waals surface area contributed by atoms with E-state index in [-0.39, 0.29) is 5.75 Å². The Morgan fingerprint density at radius 2 is 0.444 bits per heavy atom. The topological polar surface area (TPSA) is 989 Å². The minimum atomic E-state index is -2.32. The number of hydrogen-bond acceptors (Lipinski definition) is 34. The molecule has 0 saturated carbocycles. The van der Waals surface area contributed by atoms with Crippen LogP contribution in [0.3, 0.4) is 0 Å². The number of carbonyl (C=O) groups is 26. The predicted octanol–water partition coefficient (Wildman–Crippen LogP) is -16.0. The zero-order valence-electron chi connectivity index (χ0n) is 74.4. The van der Waals surface area contributed by atoms with Crippen molar-refractivity contribution in [1.82, 2.24) is 90.4 Å². The first-order chi connectivity index (χ1) is 62.4. The number of aliphatic hydroxyl groups is 6. The number of amides is 19. The van der Waals surface area contributed by atoms with Crippen LogP contribution < -0.4 is 108 Å². The summed E-state index contributed by atoms with van der Waals surface area (Å²) in [6.45, 7) is 9.61. The molecule has 0 bridgehead atoms. The van der Waals surface area contributed by atoms with E-state index in [1.54, 1.807) is 5.32 Å². The van der Waals surface area contributed by atoms with Crippen molar-refractivity contribution in [3.63, 3.8) is 0 Å². The van der Waals surface area contributed by atoms with Gasteiger partial charge in [0.15, 0.2) is 0 Å². The molecule has 19 amide bonds. The number of carbonyl (C=O) groups excluding carboxylic acids is 19. The average Bonchev–Trinajstić information content (AvgIpc) is 0.841. The Morgan fingerprint density at radius 3 is 0.667 bits per heavy atom. The largest absolute Gasteiger partial charge is 0.481 e. The van der Waals surface area contributed by atoms with Crippen molar-refractivity contribution in [1.29, 1.82) is 0 Å². The molecular weight excluding hydrogens is 1840 g/mol. The van der Waals surface area contributed by atoms with E-state index in [0.717, 1.165) is 41.5 Å². The fraction of sp³-hybridized carbons (Fsp3) is 0.653. The van der Waals surface area contributed by atoms with E-state index in [2.05, 4.69) is 49.8 Å². The second-order valence-electron chi connectivity index (χ2n) is 31.5. The Morgan fingerprint density at radius 1 is 0.244 bits per heavy atom. The Bertz CT molecular complexity index is 4290. The predicted molar refractivity (Wildman–Crippen MR) is 453 cm³/mol. The van der Waals surface area contributed by atoms with E-state index < -0.39 is 389 Å². The molecule has 0 aliphatic heterocycles. The maximum atomic E-state index is 14.1. The van der Waals surface area contributed by atoms with E-state index in [4.69, 9.17) is 22.3 Å². The highest BCUT2D eigenvalue weighted by Gasteiger charge is 2.43. The molecule has 0 aromatic carbocycles. The molecule has 135 heavy (non-hydrogen) atoms. The van der Waals surface area contributed by atoms with Crippen molar-refractivity contribution in [2.24, 2.45) is 29.0 Å². The second kappa shape index (κ2) is 59.0. The number of carboxylic acids is 7. The number of primary amides is 2. The molecule has 60 heteroatoms. The summed E-state index contributed by atoms with van der Waals surface area (Å²) in [5.74, 6) is -41.2. The Hall–Kier alpha value is -13.7. The molecule has 0 rings (SSSR count). The van der Waals surface area contributed by atoms with Crippen LogP contribution in [0.4, 0.5) is 0 Å². The van der Waals surface area contributed by atoms with Crippen LogP contribution in [0.25, 0.3) is 0 Å². The number of nitrogens with two attached hydrogens (primary N) is 3. The maximum absolute atomic E-state index is 14.1. The van der Waals surface area contributed by atoms with Crippen LogP contribution in [-0.2, 0) is 125 Å². The molecule has 0 aromatic heterocycles. The summed E-state index contributed by atoms with van der Waals surface area (Å²) in [6.07, 6.45) is -23.6. The molecule has 0 spiro atoms. The van der Waals surface area contributed by atoms with Gasteiger partial charge in [0.1, 0.15) is 96.7 Å². The molecule has 760 valence electrons. The first-order valence-corrected chi connectivity index (χ1v) is 41.7. The van der Waals surface area contributed by atoms with Crippen molar-refractivity contribution in [3.05, 3.63) is 0 Å². The molecule has 0 aromatic rings. The summed E-state index contributed by atoms with van der Waals surface area (Å²) in [4.78, 5) is 340. The van der Waals surface area contributed by atoms with Gasteiger partial charge >= 0.3 is 41.8 Å². The normalized spacial score (nSPS) is 16.2. The van der Waals surface area contributed by atoms with Gasteiger partial charge in [-0.3, -0.25) is 120 Å². The summed E-state index contributed by atoms with van der Waals surface area (Å²) >= 11 is 3.89. The maximum Gasteiger partial charge on any atom is 0.326 e. The molecule has 0 saturated heterocycles. The zero-order valence-corrected chi connectivity index (χ0v) is 75.3. The van der Waals surface area contributed by atoms with Crippen LogP contribution in [0.5, 0.6) is 0 Å². The third kappa shape index (κ3) is 45.1. The van der Waals surface area contributed by atoms with Crippen LogP contribution in [0.2, 0.25) is 0 Å². The summed E-state index contributed by atoms with van der Waals surface area (Å²) in [5.41, 5.74) is 16.3. The third-order valence-electron chi connectivity index (χ3n) is 19.0. The van der Waals surface area contributed by atoms with Gasteiger partial charge in [-0.15, -0.1) is 0 Å². The van der Waals surface area contributed by atoms with E-state index in [1.807, 2.05) is 47.9 Å². The van der Waals surface area contributed by atoms with Gasteiger partial charge in [-0.25, -0.2) is 4.79 Å². The molecule has 0 radical (unpaired) electrons. The number of hydrogen-bond donors (Lipinski definition) is 34. The first kappa shape index (κ1) is 121. The van der Waals surface area contributed by atoms with Crippen molar-refractivity contribution >= 4 is 167 Å². The van der Waals surface area contributed by atoms with Gasteiger partial charge in [0.25, 0.3) is 0 Å². The van der Waals surface area contributed by atoms with Gasteiger partial charge in [0, 0.05) is 31.4 Å². The third-order valence-corrected chi connectivity index (χ3v) is 19.4. The summed E-state index contributed by atoms with van der Waals surface area (Å²) in [6, 6.07) is -34.6. The summed E-state index contributed by atoms with van der Waals surface area (Å²) in [5, 5.41) is 165. The fourth-order valence-corrected chi connectivity index (χ4v) is 11.9. The Kier molecular flexibility index (Phi) is 53.0. The second-order valence-corrected chi connectivity index (χ2v) is 31.8. The van der Waals surface area contributed by atoms with Crippen molar-refractivity contribution in [3.8, 4) is 0 Å². The first-order valence-electron chi connectivity index (χ1n) is 41.1. The van der Waals surface area contributed by atoms with E-state index in [9.17, 15) is 186 Å². The molecule has 59 nitrogen and oxygen atoms in total. The van der Waals surface area contributed by atoms with Crippen LogP contribution >= 0.6 is 12.6 Å². The molecule has 0 unspecified atom stereocenters. The average molecular weight is 1960 g/mol.